The molecule has 6 nitrogen and oxygen atoms in total. The molecule has 1 fully saturated rings. The highest BCUT2D eigenvalue weighted by Crippen LogP contribution is 2.19. The van der Waals surface area contributed by atoms with Gasteiger partial charge in [0.1, 0.15) is 0 Å². The Morgan fingerprint density at radius 2 is 2.08 bits per heavy atom. The first-order chi connectivity index (χ1) is 11.3. The number of rotatable bonds is 9. The number of likely N-dealkylation sites (N-methyl/N-ethyl adjacent to an activating group) is 1. The Bertz CT molecular complexity index is 385. The summed E-state index contributed by atoms with van der Waals surface area (Å²) >= 11 is 0. The number of nitrogens with zero attached hydrogens (tertiary/aromatic N) is 3. The predicted molar refractivity (Wildman–Crippen MR) is 105 cm³/mol. The van der Waals surface area contributed by atoms with Crippen LogP contribution in [0, 0.1) is 0 Å². The van der Waals surface area contributed by atoms with Crippen LogP contribution >= 0.6 is 24.0 Å². The zero-order valence-electron chi connectivity index (χ0n) is 15.2. The van der Waals surface area contributed by atoms with E-state index in [-0.39, 0.29) is 30.0 Å². The second-order valence-corrected chi connectivity index (χ2v) is 6.13. The number of hydrogen-bond acceptors (Lipinski definition) is 4. The molecule has 0 radical (unpaired) electrons. The van der Waals surface area contributed by atoms with Crippen LogP contribution in [0.1, 0.15) is 12.8 Å². The smallest absolute Gasteiger partial charge is 0.385 e. The zero-order valence-corrected chi connectivity index (χ0v) is 17.6. The maximum Gasteiger partial charge on any atom is 0.401 e. The van der Waals surface area contributed by atoms with E-state index in [1.54, 1.807) is 14.2 Å². The first-order valence-electron chi connectivity index (χ1n) is 8.28. The predicted octanol–water partition coefficient (Wildman–Crippen LogP) is 1.37. The minimum absolute atomic E-state index is 0. The summed E-state index contributed by atoms with van der Waals surface area (Å²) in [6.07, 6.45) is -2.47. The summed E-state index contributed by atoms with van der Waals surface area (Å²) in [7, 11) is 5.40. The lowest BCUT2D eigenvalue weighted by molar-refractivity contribution is -0.143. The molecular formula is C15H31F3IN5O. The molecule has 1 heterocycles. The molecule has 0 aromatic heterocycles. The summed E-state index contributed by atoms with van der Waals surface area (Å²) in [5.74, 6) is 0.638. The molecular weight excluding hydrogens is 450 g/mol. The van der Waals surface area contributed by atoms with Gasteiger partial charge < -0.3 is 20.3 Å². The van der Waals surface area contributed by atoms with Crippen molar-refractivity contribution in [3.63, 3.8) is 0 Å². The molecule has 10 heteroatoms. The Morgan fingerprint density at radius 3 is 2.68 bits per heavy atom. The van der Waals surface area contributed by atoms with E-state index in [1.807, 2.05) is 7.05 Å². The van der Waals surface area contributed by atoms with Gasteiger partial charge in [0.15, 0.2) is 5.96 Å². The molecule has 1 rings (SSSR count). The third-order valence-electron chi connectivity index (χ3n) is 3.91. The van der Waals surface area contributed by atoms with Crippen molar-refractivity contribution in [2.75, 3.05) is 67.1 Å². The van der Waals surface area contributed by atoms with Crippen molar-refractivity contribution in [3.8, 4) is 0 Å². The molecule has 1 aliphatic rings. The Kier molecular flexibility index (Phi) is 12.8. The van der Waals surface area contributed by atoms with Crippen LogP contribution in [0.25, 0.3) is 0 Å². The number of hydrogen-bond donors (Lipinski definition) is 2. The fraction of sp³-hybridized carbons (Fsp3) is 0.933. The van der Waals surface area contributed by atoms with Crippen LogP contribution in [0.5, 0.6) is 0 Å². The van der Waals surface area contributed by atoms with Gasteiger partial charge in [0.25, 0.3) is 0 Å². The molecule has 0 aromatic rings. The average molecular weight is 481 g/mol. The van der Waals surface area contributed by atoms with Crippen molar-refractivity contribution in [2.45, 2.75) is 25.1 Å². The second-order valence-electron chi connectivity index (χ2n) is 6.13. The summed E-state index contributed by atoms with van der Waals surface area (Å²) < 4.78 is 42.2. The molecule has 1 saturated heterocycles. The summed E-state index contributed by atoms with van der Waals surface area (Å²) in [6.45, 7) is 3.28. The van der Waals surface area contributed by atoms with Gasteiger partial charge in [-0.25, -0.2) is 0 Å². The maximum absolute atomic E-state index is 12.4. The SMILES string of the molecule is CN=C(NCCN(C)CCCOC)NC1CCN(CC(F)(F)F)C1.I. The van der Waals surface area contributed by atoms with Crippen LogP contribution in [-0.2, 0) is 4.74 Å². The van der Waals surface area contributed by atoms with Gasteiger partial charge in [0.2, 0.25) is 0 Å². The maximum atomic E-state index is 12.4. The van der Waals surface area contributed by atoms with E-state index in [2.05, 4.69) is 20.5 Å². The third kappa shape index (κ3) is 11.8. The molecule has 0 saturated carbocycles. The third-order valence-corrected chi connectivity index (χ3v) is 3.91. The quantitative estimate of drug-likeness (QED) is 0.226. The highest BCUT2D eigenvalue weighted by molar-refractivity contribution is 14.0. The standard InChI is InChI=1S/C15H30F3N5O.HI/c1-19-14(20-6-9-22(2)7-4-10-24-3)21-13-5-8-23(11-13)12-15(16,17)18;/h13H,4-12H2,1-3H3,(H2,19,20,21);1H. The lowest BCUT2D eigenvalue weighted by Gasteiger charge is -2.21. The van der Waals surface area contributed by atoms with E-state index in [0.29, 0.717) is 25.5 Å². The monoisotopic (exact) mass is 481 g/mol. The first kappa shape index (κ1) is 24.7. The highest BCUT2D eigenvalue weighted by Gasteiger charge is 2.34. The topological polar surface area (TPSA) is 52.1 Å². The normalized spacial score (nSPS) is 19.2. The lowest BCUT2D eigenvalue weighted by atomic mass is 10.3. The van der Waals surface area contributed by atoms with Crippen LogP contribution in [0.15, 0.2) is 4.99 Å². The second kappa shape index (κ2) is 12.9. The fourth-order valence-electron chi connectivity index (χ4n) is 2.69. The highest BCUT2D eigenvalue weighted by atomic mass is 127. The van der Waals surface area contributed by atoms with Gasteiger partial charge in [-0.3, -0.25) is 9.89 Å². The number of aliphatic imine (C=N–C) groups is 1. The lowest BCUT2D eigenvalue weighted by Crippen LogP contribution is -2.46. The van der Waals surface area contributed by atoms with Crippen molar-refractivity contribution in [2.24, 2.45) is 4.99 Å². The zero-order chi connectivity index (χ0) is 18.0. The van der Waals surface area contributed by atoms with Gasteiger partial charge in [-0.15, -0.1) is 24.0 Å². The number of likely N-dealkylation sites (tertiary alicyclic amines) is 1. The fourth-order valence-corrected chi connectivity index (χ4v) is 2.69. The number of methoxy groups -OCH3 is 1. The summed E-state index contributed by atoms with van der Waals surface area (Å²) in [5, 5.41) is 6.40. The average Bonchev–Trinajstić information content (AvgIpc) is 2.91. The molecule has 1 aliphatic heterocycles. The molecule has 0 aromatic carbocycles. The minimum atomic E-state index is -4.14. The largest absolute Gasteiger partial charge is 0.401 e. The Hall–Kier alpha value is -0.330. The minimum Gasteiger partial charge on any atom is -0.385 e. The first-order valence-corrected chi connectivity index (χ1v) is 8.28. The summed E-state index contributed by atoms with van der Waals surface area (Å²) in [6, 6.07) is -0.00187. The number of guanidine groups is 1. The molecule has 0 amide bonds. The van der Waals surface area contributed by atoms with Crippen LogP contribution in [-0.4, -0.2) is 95.1 Å². The van der Waals surface area contributed by atoms with Crippen molar-refractivity contribution >= 4 is 29.9 Å². The molecule has 150 valence electrons. The summed E-state index contributed by atoms with van der Waals surface area (Å²) in [4.78, 5) is 7.76. The van der Waals surface area contributed by atoms with Gasteiger partial charge in [0.05, 0.1) is 6.54 Å². The van der Waals surface area contributed by atoms with Crippen molar-refractivity contribution in [1.82, 2.24) is 20.4 Å². The van der Waals surface area contributed by atoms with Crippen LogP contribution in [0.2, 0.25) is 0 Å². The molecule has 0 spiro atoms. The Morgan fingerprint density at radius 1 is 1.36 bits per heavy atom. The van der Waals surface area contributed by atoms with E-state index in [4.69, 9.17) is 4.74 Å². The molecule has 0 aliphatic carbocycles. The van der Waals surface area contributed by atoms with E-state index in [1.165, 1.54) is 4.90 Å². The molecule has 2 N–H and O–H groups in total. The van der Waals surface area contributed by atoms with Crippen LogP contribution in [0.3, 0.4) is 0 Å². The van der Waals surface area contributed by atoms with Crippen LogP contribution < -0.4 is 10.6 Å². The Balaban J connectivity index is 0.00000576. The Labute approximate surface area is 165 Å². The molecule has 0 bridgehead atoms. The van der Waals surface area contributed by atoms with Crippen LogP contribution in [0.4, 0.5) is 13.2 Å². The van der Waals surface area contributed by atoms with E-state index < -0.39 is 12.7 Å². The van der Waals surface area contributed by atoms with Gasteiger partial charge in [-0.05, 0) is 19.9 Å². The van der Waals surface area contributed by atoms with Crippen molar-refractivity contribution in [1.29, 1.82) is 0 Å². The van der Waals surface area contributed by atoms with Crippen molar-refractivity contribution in [3.05, 3.63) is 0 Å². The molecule has 1 unspecified atom stereocenters. The van der Waals surface area contributed by atoms with E-state index in [9.17, 15) is 13.2 Å². The van der Waals surface area contributed by atoms with Gasteiger partial charge in [0, 0.05) is 59.5 Å². The number of ether oxygens (including phenoxy) is 1. The van der Waals surface area contributed by atoms with E-state index >= 15 is 0 Å². The molecule has 1 atom stereocenters. The molecule has 25 heavy (non-hydrogen) atoms. The number of halogens is 4. The van der Waals surface area contributed by atoms with Gasteiger partial charge >= 0.3 is 6.18 Å². The van der Waals surface area contributed by atoms with E-state index in [0.717, 1.165) is 32.7 Å². The summed E-state index contributed by atoms with van der Waals surface area (Å²) in [5.41, 5.74) is 0. The number of alkyl halides is 3. The van der Waals surface area contributed by atoms with Gasteiger partial charge in [-0.1, -0.05) is 0 Å². The number of nitrogens with one attached hydrogen (secondary N) is 2. The van der Waals surface area contributed by atoms with Gasteiger partial charge in [-0.2, -0.15) is 13.2 Å². The van der Waals surface area contributed by atoms with Crippen molar-refractivity contribution < 1.29 is 17.9 Å².